The normalized spacial score (nSPS) is 13.6. The Kier molecular flexibility index (Phi) is 4.10. The molecule has 0 bridgehead atoms. The summed E-state index contributed by atoms with van der Waals surface area (Å²) < 4.78 is 17.8. The van der Waals surface area contributed by atoms with Gasteiger partial charge in [0.05, 0.1) is 5.56 Å². The fourth-order valence-corrected chi connectivity index (χ4v) is 3.24. The van der Waals surface area contributed by atoms with E-state index in [4.69, 9.17) is 4.52 Å². The average Bonchev–Trinajstić information content (AvgIpc) is 2.39. The molecule has 0 radical (unpaired) electrons. The van der Waals surface area contributed by atoms with Gasteiger partial charge in [0.2, 0.25) is 0 Å². The van der Waals surface area contributed by atoms with Crippen molar-refractivity contribution in [3.8, 4) is 0 Å². The van der Waals surface area contributed by atoms with Crippen LogP contribution in [0, 0.1) is 13.8 Å². The first-order valence-corrected chi connectivity index (χ1v) is 8.41. The zero-order chi connectivity index (χ0) is 14.8. The van der Waals surface area contributed by atoms with E-state index in [2.05, 4.69) is 0 Å². The Morgan fingerprint density at radius 2 is 1.70 bits per heavy atom. The van der Waals surface area contributed by atoms with E-state index in [0.29, 0.717) is 10.9 Å². The van der Waals surface area contributed by atoms with E-state index in [1.165, 1.54) is 6.66 Å². The van der Waals surface area contributed by atoms with Gasteiger partial charge in [-0.2, -0.15) is 0 Å². The molecule has 0 aliphatic carbocycles. The molecular weight excluding hydrogens is 271 g/mol. The van der Waals surface area contributed by atoms with Crippen LogP contribution in [0.4, 0.5) is 0 Å². The van der Waals surface area contributed by atoms with Gasteiger partial charge in [-0.1, -0.05) is 35.9 Å². The lowest BCUT2D eigenvalue weighted by atomic mass is 10.1. The molecule has 0 amide bonds. The van der Waals surface area contributed by atoms with Crippen molar-refractivity contribution >= 4 is 18.6 Å². The summed E-state index contributed by atoms with van der Waals surface area (Å²) >= 11 is 0. The van der Waals surface area contributed by atoms with Crippen LogP contribution in [-0.4, -0.2) is 12.6 Å². The quantitative estimate of drug-likeness (QED) is 0.809. The molecule has 0 N–H and O–H groups in total. The van der Waals surface area contributed by atoms with Crippen molar-refractivity contribution in [3.63, 3.8) is 0 Å². The van der Waals surface area contributed by atoms with E-state index in [0.717, 1.165) is 11.1 Å². The number of benzene rings is 2. The largest absolute Gasteiger partial charge is 0.405 e. The van der Waals surface area contributed by atoms with E-state index in [9.17, 15) is 9.36 Å². The average molecular weight is 288 g/mol. The first-order valence-electron chi connectivity index (χ1n) is 6.34. The van der Waals surface area contributed by atoms with Gasteiger partial charge in [-0.15, -0.1) is 0 Å². The van der Waals surface area contributed by atoms with Crippen LogP contribution in [-0.2, 0) is 9.09 Å². The molecule has 0 saturated heterocycles. The van der Waals surface area contributed by atoms with Crippen LogP contribution in [0.1, 0.15) is 21.5 Å². The lowest BCUT2D eigenvalue weighted by Crippen LogP contribution is -2.12. The minimum absolute atomic E-state index is 0.452. The van der Waals surface area contributed by atoms with Gasteiger partial charge in [-0.3, -0.25) is 4.57 Å². The Balaban J connectivity index is 2.25. The van der Waals surface area contributed by atoms with Crippen molar-refractivity contribution in [1.29, 1.82) is 0 Å². The molecule has 20 heavy (non-hydrogen) atoms. The molecule has 2 rings (SSSR count). The molecule has 104 valence electrons. The van der Waals surface area contributed by atoms with Crippen LogP contribution >= 0.6 is 7.37 Å². The molecule has 0 spiro atoms. The van der Waals surface area contributed by atoms with Crippen LogP contribution < -0.4 is 5.30 Å². The Morgan fingerprint density at radius 3 is 2.30 bits per heavy atom. The molecule has 0 aliphatic rings. The number of carbonyl (C=O) groups is 1. The second-order valence-electron chi connectivity index (χ2n) is 4.88. The summed E-state index contributed by atoms with van der Waals surface area (Å²) in [5.74, 6) is -0.544. The van der Waals surface area contributed by atoms with Crippen molar-refractivity contribution in [1.82, 2.24) is 0 Å². The summed E-state index contributed by atoms with van der Waals surface area (Å²) in [5.41, 5.74) is 2.35. The monoisotopic (exact) mass is 288 g/mol. The van der Waals surface area contributed by atoms with Crippen molar-refractivity contribution in [2.45, 2.75) is 13.8 Å². The Bertz CT molecular complexity index is 677. The molecule has 1 atom stereocenters. The van der Waals surface area contributed by atoms with Gasteiger partial charge in [0, 0.05) is 12.0 Å². The number of hydrogen-bond acceptors (Lipinski definition) is 3. The predicted octanol–water partition coefficient (Wildman–Crippen LogP) is 3.69. The highest BCUT2D eigenvalue weighted by Gasteiger charge is 2.24. The second kappa shape index (κ2) is 5.64. The Morgan fingerprint density at radius 1 is 1.05 bits per heavy atom. The molecule has 0 aliphatic heterocycles. The SMILES string of the molecule is Cc1ccc(C(=O)OP(C)(=O)c2ccccc2)c(C)c1. The van der Waals surface area contributed by atoms with E-state index < -0.39 is 13.3 Å². The number of rotatable bonds is 3. The molecule has 3 nitrogen and oxygen atoms in total. The minimum atomic E-state index is -3.15. The number of carbonyl (C=O) groups excluding carboxylic acids is 1. The molecule has 0 saturated carbocycles. The first-order chi connectivity index (χ1) is 9.40. The third-order valence-electron chi connectivity index (χ3n) is 3.08. The highest BCUT2D eigenvalue weighted by atomic mass is 31.2. The smallest absolute Gasteiger partial charge is 0.343 e. The van der Waals surface area contributed by atoms with Crippen LogP contribution in [0.25, 0.3) is 0 Å². The van der Waals surface area contributed by atoms with E-state index in [-0.39, 0.29) is 0 Å². The van der Waals surface area contributed by atoms with Crippen molar-refractivity contribution < 1.29 is 13.9 Å². The Hall–Kier alpha value is -1.86. The van der Waals surface area contributed by atoms with Gasteiger partial charge in [0.15, 0.2) is 0 Å². The molecule has 0 fully saturated rings. The van der Waals surface area contributed by atoms with Crippen molar-refractivity contribution in [2.24, 2.45) is 0 Å². The maximum atomic E-state index is 12.5. The zero-order valence-corrected chi connectivity index (χ0v) is 12.7. The molecule has 2 aromatic carbocycles. The fraction of sp³-hybridized carbons (Fsp3) is 0.188. The zero-order valence-electron chi connectivity index (χ0n) is 11.8. The molecule has 0 heterocycles. The molecule has 2 aromatic rings. The van der Waals surface area contributed by atoms with Gasteiger partial charge in [0.25, 0.3) is 7.37 Å². The summed E-state index contributed by atoms with van der Waals surface area (Å²) in [6.07, 6.45) is 0. The first kappa shape index (κ1) is 14.5. The lowest BCUT2D eigenvalue weighted by molar-refractivity contribution is 0.0745. The molecular formula is C16H17O3P. The predicted molar refractivity (Wildman–Crippen MR) is 80.9 cm³/mol. The standard InChI is InChI=1S/C16H17O3P/c1-12-9-10-15(13(2)11-12)16(17)19-20(3,18)14-7-5-4-6-8-14/h4-11H,1-3H3. The highest BCUT2D eigenvalue weighted by Crippen LogP contribution is 2.42. The van der Waals surface area contributed by atoms with Gasteiger partial charge in [-0.05, 0) is 37.6 Å². The van der Waals surface area contributed by atoms with Gasteiger partial charge < -0.3 is 4.52 Å². The van der Waals surface area contributed by atoms with Gasteiger partial charge >= 0.3 is 5.97 Å². The van der Waals surface area contributed by atoms with E-state index in [1.54, 1.807) is 30.3 Å². The molecule has 1 unspecified atom stereocenters. The molecule has 4 heteroatoms. The second-order valence-corrected chi connectivity index (χ2v) is 7.27. The topological polar surface area (TPSA) is 43.4 Å². The van der Waals surface area contributed by atoms with E-state index >= 15 is 0 Å². The Labute approximate surface area is 119 Å². The van der Waals surface area contributed by atoms with Crippen LogP contribution in [0.5, 0.6) is 0 Å². The number of hydrogen-bond donors (Lipinski definition) is 0. The maximum Gasteiger partial charge on any atom is 0.343 e. The van der Waals surface area contributed by atoms with Gasteiger partial charge in [-0.25, -0.2) is 4.79 Å². The summed E-state index contributed by atoms with van der Waals surface area (Å²) in [4.78, 5) is 12.2. The van der Waals surface area contributed by atoms with Crippen LogP contribution in [0.2, 0.25) is 0 Å². The highest BCUT2D eigenvalue weighted by molar-refractivity contribution is 7.66. The van der Waals surface area contributed by atoms with E-state index in [1.807, 2.05) is 32.0 Å². The summed E-state index contributed by atoms with van der Waals surface area (Å²) in [7, 11) is -3.15. The third-order valence-corrected chi connectivity index (χ3v) is 4.83. The van der Waals surface area contributed by atoms with Crippen molar-refractivity contribution in [2.75, 3.05) is 6.66 Å². The van der Waals surface area contributed by atoms with Crippen LogP contribution in [0.3, 0.4) is 0 Å². The van der Waals surface area contributed by atoms with Gasteiger partial charge in [0.1, 0.15) is 0 Å². The summed E-state index contributed by atoms with van der Waals surface area (Å²) in [5, 5.41) is 0.540. The van der Waals surface area contributed by atoms with Crippen LogP contribution in [0.15, 0.2) is 48.5 Å². The number of aryl methyl sites for hydroxylation is 2. The lowest BCUT2D eigenvalue weighted by Gasteiger charge is -2.15. The minimum Gasteiger partial charge on any atom is -0.405 e. The molecule has 0 aromatic heterocycles. The summed E-state index contributed by atoms with van der Waals surface area (Å²) in [6, 6.07) is 14.2. The third kappa shape index (κ3) is 3.17. The maximum absolute atomic E-state index is 12.5. The fourth-order valence-electron chi connectivity index (χ4n) is 2.00. The van der Waals surface area contributed by atoms with Crippen molar-refractivity contribution in [3.05, 3.63) is 65.2 Å². The summed E-state index contributed by atoms with van der Waals surface area (Å²) in [6.45, 7) is 5.26.